The van der Waals surface area contributed by atoms with E-state index in [0.29, 0.717) is 22.5 Å². The molecule has 0 aliphatic rings. The van der Waals surface area contributed by atoms with Crippen molar-refractivity contribution in [2.75, 3.05) is 6.54 Å². The summed E-state index contributed by atoms with van der Waals surface area (Å²) >= 11 is 5.76. The van der Waals surface area contributed by atoms with E-state index in [2.05, 4.69) is 12.2 Å². The second-order valence-electron chi connectivity index (χ2n) is 4.53. The lowest BCUT2D eigenvalue weighted by Crippen LogP contribution is -2.36. The molecule has 2 atom stereocenters. The highest BCUT2D eigenvalue weighted by molar-refractivity contribution is 7.92. The first kappa shape index (κ1) is 15.5. The first-order valence-electron chi connectivity index (χ1n) is 6.10. The fraction of sp³-hybridized carbons (Fsp3) is 0.538. The maximum atomic E-state index is 12.3. The topological polar surface area (TPSA) is 46.2 Å². The summed E-state index contributed by atoms with van der Waals surface area (Å²) in [5.41, 5.74) is 0. The van der Waals surface area contributed by atoms with Crippen LogP contribution in [0, 0.1) is 0 Å². The van der Waals surface area contributed by atoms with Crippen molar-refractivity contribution in [1.82, 2.24) is 5.32 Å². The quantitative estimate of drug-likeness (QED) is 0.876. The summed E-state index contributed by atoms with van der Waals surface area (Å²) in [7, 11) is -3.28. The molecule has 0 saturated carbocycles. The van der Waals surface area contributed by atoms with E-state index in [1.54, 1.807) is 31.2 Å². The van der Waals surface area contributed by atoms with Crippen LogP contribution >= 0.6 is 11.6 Å². The molecule has 1 rings (SSSR count). The van der Waals surface area contributed by atoms with Crippen LogP contribution in [0.25, 0.3) is 0 Å². The highest BCUT2D eigenvalue weighted by Crippen LogP contribution is 2.18. The molecule has 0 aromatic heterocycles. The number of rotatable bonds is 6. The van der Waals surface area contributed by atoms with Gasteiger partial charge >= 0.3 is 0 Å². The lowest BCUT2D eigenvalue weighted by molar-refractivity contribution is 0.520. The van der Waals surface area contributed by atoms with Gasteiger partial charge in [-0.25, -0.2) is 8.42 Å². The third kappa shape index (κ3) is 3.97. The average Bonchev–Trinajstić information content (AvgIpc) is 2.35. The van der Waals surface area contributed by atoms with Crippen molar-refractivity contribution < 1.29 is 8.42 Å². The van der Waals surface area contributed by atoms with Gasteiger partial charge in [0.15, 0.2) is 9.84 Å². The zero-order valence-corrected chi connectivity index (χ0v) is 12.6. The maximum Gasteiger partial charge on any atom is 0.182 e. The smallest absolute Gasteiger partial charge is 0.182 e. The van der Waals surface area contributed by atoms with E-state index in [1.807, 2.05) is 6.92 Å². The van der Waals surface area contributed by atoms with E-state index in [1.165, 1.54) is 0 Å². The summed E-state index contributed by atoms with van der Waals surface area (Å²) in [6.07, 6.45) is 0.980. The Kier molecular flexibility index (Phi) is 5.63. The molecule has 0 amide bonds. The SMILES string of the molecule is CCC(C)NCC(C)S(=O)(=O)c1ccc(Cl)cc1. The van der Waals surface area contributed by atoms with Crippen LogP contribution in [0.15, 0.2) is 29.2 Å². The van der Waals surface area contributed by atoms with E-state index < -0.39 is 15.1 Å². The van der Waals surface area contributed by atoms with Crippen molar-refractivity contribution >= 4 is 21.4 Å². The van der Waals surface area contributed by atoms with Gasteiger partial charge in [-0.05, 0) is 44.5 Å². The number of nitrogens with one attached hydrogen (secondary N) is 1. The van der Waals surface area contributed by atoms with Crippen LogP contribution in [0.5, 0.6) is 0 Å². The third-order valence-electron chi connectivity index (χ3n) is 3.04. The zero-order valence-electron chi connectivity index (χ0n) is 11.0. The molecule has 0 spiro atoms. The lowest BCUT2D eigenvalue weighted by Gasteiger charge is -2.17. The molecular weight excluding hydrogens is 270 g/mol. The van der Waals surface area contributed by atoms with Crippen LogP contribution in [0.1, 0.15) is 27.2 Å². The lowest BCUT2D eigenvalue weighted by atomic mass is 10.2. The van der Waals surface area contributed by atoms with Crippen LogP contribution in [0.3, 0.4) is 0 Å². The van der Waals surface area contributed by atoms with Crippen molar-refractivity contribution in [3.8, 4) is 0 Å². The van der Waals surface area contributed by atoms with Crippen molar-refractivity contribution in [1.29, 1.82) is 0 Å². The molecule has 18 heavy (non-hydrogen) atoms. The molecule has 3 nitrogen and oxygen atoms in total. The summed E-state index contributed by atoms with van der Waals surface area (Å²) in [5.74, 6) is 0. The summed E-state index contributed by atoms with van der Waals surface area (Å²) < 4.78 is 24.5. The Hall–Kier alpha value is -0.580. The average molecular weight is 290 g/mol. The number of hydrogen-bond acceptors (Lipinski definition) is 3. The van der Waals surface area contributed by atoms with Crippen LogP contribution in [0.4, 0.5) is 0 Å². The molecule has 1 aromatic carbocycles. The van der Waals surface area contributed by atoms with Gasteiger partial charge in [-0.1, -0.05) is 18.5 Å². The number of sulfone groups is 1. The molecule has 0 bridgehead atoms. The molecular formula is C13H20ClNO2S. The monoisotopic (exact) mass is 289 g/mol. The standard InChI is InChI=1S/C13H20ClNO2S/c1-4-10(2)15-9-11(3)18(16,17)13-7-5-12(14)6-8-13/h5-8,10-11,15H,4,9H2,1-3H3. The number of halogens is 1. The van der Waals surface area contributed by atoms with E-state index >= 15 is 0 Å². The fourth-order valence-electron chi connectivity index (χ4n) is 1.48. The van der Waals surface area contributed by atoms with Crippen LogP contribution < -0.4 is 5.32 Å². The second-order valence-corrected chi connectivity index (χ2v) is 7.33. The van der Waals surface area contributed by atoms with Crippen molar-refractivity contribution in [2.24, 2.45) is 0 Å². The highest BCUT2D eigenvalue weighted by Gasteiger charge is 2.23. The Morgan fingerprint density at radius 1 is 1.22 bits per heavy atom. The largest absolute Gasteiger partial charge is 0.313 e. The zero-order chi connectivity index (χ0) is 13.8. The van der Waals surface area contributed by atoms with Crippen molar-refractivity contribution in [3.05, 3.63) is 29.3 Å². The van der Waals surface area contributed by atoms with Gasteiger partial charge in [0.05, 0.1) is 10.1 Å². The number of hydrogen-bond donors (Lipinski definition) is 1. The summed E-state index contributed by atoms with van der Waals surface area (Å²) in [4.78, 5) is 0.324. The Labute approximate surface area is 114 Å². The number of benzene rings is 1. The summed E-state index contributed by atoms with van der Waals surface area (Å²) in [6, 6.07) is 6.63. The second kappa shape index (κ2) is 6.55. The molecule has 0 saturated heterocycles. The third-order valence-corrected chi connectivity index (χ3v) is 5.45. The fourth-order valence-corrected chi connectivity index (χ4v) is 2.90. The van der Waals surface area contributed by atoms with E-state index in [-0.39, 0.29) is 0 Å². The molecule has 0 fully saturated rings. The van der Waals surface area contributed by atoms with Gasteiger partial charge in [-0.3, -0.25) is 0 Å². The van der Waals surface area contributed by atoms with Gasteiger partial charge in [0.25, 0.3) is 0 Å². The van der Waals surface area contributed by atoms with Crippen LogP contribution in [-0.2, 0) is 9.84 Å². The van der Waals surface area contributed by atoms with Gasteiger partial charge in [-0.2, -0.15) is 0 Å². The van der Waals surface area contributed by atoms with Gasteiger partial charge in [-0.15, -0.1) is 0 Å². The predicted octanol–water partition coefficient (Wildman–Crippen LogP) is 2.89. The van der Waals surface area contributed by atoms with Crippen LogP contribution in [0.2, 0.25) is 5.02 Å². The minimum atomic E-state index is -3.28. The Bertz CT molecular complexity index is 470. The molecule has 0 radical (unpaired) electrons. The first-order valence-corrected chi connectivity index (χ1v) is 8.03. The maximum absolute atomic E-state index is 12.3. The van der Waals surface area contributed by atoms with Gasteiger partial charge < -0.3 is 5.32 Å². The normalized spacial score (nSPS) is 15.3. The molecule has 5 heteroatoms. The highest BCUT2D eigenvalue weighted by atomic mass is 35.5. The van der Waals surface area contributed by atoms with Gasteiger partial charge in [0.1, 0.15) is 0 Å². The minimum absolute atomic E-state index is 0.324. The Balaban J connectivity index is 2.77. The van der Waals surface area contributed by atoms with Gasteiger partial charge in [0, 0.05) is 17.6 Å². The molecule has 102 valence electrons. The molecule has 1 aromatic rings. The molecule has 0 heterocycles. The molecule has 1 N–H and O–H groups in total. The van der Waals surface area contributed by atoms with Crippen LogP contribution in [-0.4, -0.2) is 26.3 Å². The summed E-state index contributed by atoms with van der Waals surface area (Å²) in [5, 5.41) is 3.30. The molecule has 2 unspecified atom stereocenters. The van der Waals surface area contributed by atoms with E-state index in [4.69, 9.17) is 11.6 Å². The predicted molar refractivity (Wildman–Crippen MR) is 75.9 cm³/mol. The Morgan fingerprint density at radius 3 is 2.28 bits per heavy atom. The Morgan fingerprint density at radius 2 is 1.78 bits per heavy atom. The van der Waals surface area contributed by atoms with E-state index in [0.717, 1.165) is 6.42 Å². The molecule has 0 aliphatic heterocycles. The minimum Gasteiger partial charge on any atom is -0.313 e. The summed E-state index contributed by atoms with van der Waals surface area (Å²) in [6.45, 7) is 6.29. The van der Waals surface area contributed by atoms with Crippen molar-refractivity contribution in [2.45, 2.75) is 43.4 Å². The first-order chi connectivity index (χ1) is 8.37. The van der Waals surface area contributed by atoms with Crippen molar-refractivity contribution in [3.63, 3.8) is 0 Å². The molecule has 0 aliphatic carbocycles. The van der Waals surface area contributed by atoms with Gasteiger partial charge in [0.2, 0.25) is 0 Å². The van der Waals surface area contributed by atoms with E-state index in [9.17, 15) is 8.42 Å².